The van der Waals surface area contributed by atoms with Crippen LogP contribution in [-0.4, -0.2) is 23.7 Å². The number of nitro groups is 1. The first-order valence-electron chi connectivity index (χ1n) is 10.4. The molecule has 3 rings (SSSR count). The van der Waals surface area contributed by atoms with Gasteiger partial charge in [0.05, 0.1) is 17.7 Å². The largest absolute Gasteiger partial charge is 0.490 e. The Balaban J connectivity index is 1.66. The lowest BCUT2D eigenvalue weighted by molar-refractivity contribution is -0.384. The minimum Gasteiger partial charge on any atom is -0.490 e. The molecule has 0 aliphatic carbocycles. The van der Waals surface area contributed by atoms with Gasteiger partial charge in [-0.3, -0.25) is 14.9 Å². The van der Waals surface area contributed by atoms with Crippen molar-refractivity contribution in [3.05, 3.63) is 98.6 Å². The molecule has 3 aromatic carbocycles. The maximum Gasteiger partial charge on any atom is 0.271 e. The Morgan fingerprint density at radius 3 is 2.48 bits per heavy atom. The lowest BCUT2D eigenvalue weighted by Crippen LogP contribution is -2.17. The second-order valence-electron chi connectivity index (χ2n) is 7.36. The molecule has 0 unspecified atom stereocenters. The average Bonchev–Trinajstić information content (AvgIpc) is 2.80. The Morgan fingerprint density at radius 2 is 1.79 bits per heavy atom. The molecule has 0 radical (unpaired) electrons. The lowest BCUT2D eigenvalue weighted by Gasteiger charge is -2.14. The van der Waals surface area contributed by atoms with Crippen molar-refractivity contribution in [1.82, 2.24) is 5.43 Å². The maximum absolute atomic E-state index is 12.2. The zero-order valence-electron chi connectivity index (χ0n) is 18.7. The Morgan fingerprint density at radius 1 is 1.03 bits per heavy atom. The zero-order chi connectivity index (χ0) is 23.8. The number of nitrogens with one attached hydrogen (secondary N) is 1. The fraction of sp³-hybridized carbons (Fsp3) is 0.200. The summed E-state index contributed by atoms with van der Waals surface area (Å²) >= 11 is 0. The third-order valence-electron chi connectivity index (χ3n) is 4.88. The van der Waals surface area contributed by atoms with E-state index in [9.17, 15) is 14.9 Å². The Labute approximate surface area is 192 Å². The Bertz CT molecular complexity index is 1170. The van der Waals surface area contributed by atoms with Crippen molar-refractivity contribution in [2.24, 2.45) is 5.10 Å². The molecule has 0 aliphatic rings. The van der Waals surface area contributed by atoms with Crippen LogP contribution in [0.5, 0.6) is 11.5 Å². The molecule has 170 valence electrons. The number of hydrogen-bond acceptors (Lipinski definition) is 6. The number of benzene rings is 3. The van der Waals surface area contributed by atoms with Crippen LogP contribution in [0.15, 0.2) is 65.8 Å². The first-order valence-corrected chi connectivity index (χ1v) is 10.4. The molecule has 3 aromatic rings. The highest BCUT2D eigenvalue weighted by atomic mass is 16.6. The molecule has 8 nitrogen and oxygen atoms in total. The van der Waals surface area contributed by atoms with E-state index in [1.54, 1.807) is 12.1 Å². The van der Waals surface area contributed by atoms with Gasteiger partial charge in [-0.05, 0) is 67.8 Å². The van der Waals surface area contributed by atoms with Gasteiger partial charge in [0.25, 0.3) is 11.6 Å². The standard InChI is InChI=1S/C25H25N3O5/c1-4-32-24-14-19(7-12-23(24)33-16-21-13-17(2)5-6-18(21)3)15-26-27-25(29)20-8-10-22(11-9-20)28(30)31/h5-15H,4,16H2,1-3H3,(H,27,29)/b26-15+. The quantitative estimate of drug-likeness (QED) is 0.284. The summed E-state index contributed by atoms with van der Waals surface area (Å²) in [7, 11) is 0. The van der Waals surface area contributed by atoms with Crippen molar-refractivity contribution in [3.8, 4) is 11.5 Å². The number of hydrogen-bond donors (Lipinski definition) is 1. The Hall–Kier alpha value is -4.20. The summed E-state index contributed by atoms with van der Waals surface area (Å²) in [5.74, 6) is 0.720. The first-order chi connectivity index (χ1) is 15.9. The van der Waals surface area contributed by atoms with E-state index in [0.717, 1.165) is 11.1 Å². The number of hydrazone groups is 1. The van der Waals surface area contributed by atoms with Crippen molar-refractivity contribution in [2.75, 3.05) is 6.61 Å². The van der Waals surface area contributed by atoms with Gasteiger partial charge < -0.3 is 9.47 Å². The highest BCUT2D eigenvalue weighted by molar-refractivity contribution is 5.95. The molecule has 0 saturated heterocycles. The maximum atomic E-state index is 12.2. The van der Waals surface area contributed by atoms with Crippen molar-refractivity contribution in [2.45, 2.75) is 27.4 Å². The molecule has 0 saturated carbocycles. The third-order valence-corrected chi connectivity index (χ3v) is 4.88. The predicted molar refractivity (Wildman–Crippen MR) is 126 cm³/mol. The molecule has 0 bridgehead atoms. The summed E-state index contributed by atoms with van der Waals surface area (Å²) in [5, 5.41) is 14.7. The van der Waals surface area contributed by atoms with E-state index in [-0.39, 0.29) is 11.3 Å². The molecule has 0 atom stereocenters. The molecular weight excluding hydrogens is 422 g/mol. The molecule has 0 spiro atoms. The van der Waals surface area contributed by atoms with E-state index in [1.807, 2.05) is 26.8 Å². The number of non-ortho nitro benzene ring substituents is 1. The molecule has 33 heavy (non-hydrogen) atoms. The van der Waals surface area contributed by atoms with E-state index in [0.29, 0.717) is 30.3 Å². The summed E-state index contributed by atoms with van der Waals surface area (Å²) in [5.41, 5.74) is 6.74. The van der Waals surface area contributed by atoms with Gasteiger partial charge in [0.2, 0.25) is 0 Å². The van der Waals surface area contributed by atoms with Crippen molar-refractivity contribution in [1.29, 1.82) is 0 Å². The average molecular weight is 447 g/mol. The minimum absolute atomic E-state index is 0.0848. The summed E-state index contributed by atoms with van der Waals surface area (Å²) < 4.78 is 11.7. The monoisotopic (exact) mass is 447 g/mol. The van der Waals surface area contributed by atoms with Crippen LogP contribution in [-0.2, 0) is 6.61 Å². The van der Waals surface area contributed by atoms with E-state index in [4.69, 9.17) is 9.47 Å². The number of rotatable bonds is 9. The molecule has 1 amide bonds. The topological polar surface area (TPSA) is 103 Å². The number of amides is 1. The van der Waals surface area contributed by atoms with Crippen molar-refractivity contribution < 1.29 is 19.2 Å². The van der Waals surface area contributed by atoms with Gasteiger partial charge in [-0.2, -0.15) is 5.10 Å². The van der Waals surface area contributed by atoms with Gasteiger partial charge in [-0.25, -0.2) is 5.43 Å². The molecule has 0 heterocycles. The third kappa shape index (κ3) is 6.39. The van der Waals surface area contributed by atoms with Crippen LogP contribution in [0.1, 0.15) is 39.5 Å². The van der Waals surface area contributed by atoms with Crippen LogP contribution in [0.3, 0.4) is 0 Å². The van der Waals surface area contributed by atoms with Crippen LogP contribution in [0.4, 0.5) is 5.69 Å². The summed E-state index contributed by atoms with van der Waals surface area (Å²) in [6, 6.07) is 16.9. The molecule has 0 fully saturated rings. The van der Waals surface area contributed by atoms with Crippen LogP contribution in [0.25, 0.3) is 0 Å². The van der Waals surface area contributed by atoms with Gasteiger partial charge in [-0.1, -0.05) is 23.8 Å². The number of carbonyl (C=O) groups excluding carboxylic acids is 1. The fourth-order valence-corrected chi connectivity index (χ4v) is 3.07. The second-order valence-corrected chi connectivity index (χ2v) is 7.36. The van der Waals surface area contributed by atoms with Crippen LogP contribution >= 0.6 is 0 Å². The summed E-state index contributed by atoms with van der Waals surface area (Å²) in [6.07, 6.45) is 1.49. The van der Waals surface area contributed by atoms with E-state index in [2.05, 4.69) is 28.7 Å². The zero-order valence-corrected chi connectivity index (χ0v) is 18.7. The summed E-state index contributed by atoms with van der Waals surface area (Å²) in [4.78, 5) is 22.4. The van der Waals surface area contributed by atoms with Crippen LogP contribution in [0.2, 0.25) is 0 Å². The molecule has 0 aromatic heterocycles. The van der Waals surface area contributed by atoms with Crippen LogP contribution in [0, 0.1) is 24.0 Å². The second kappa shape index (κ2) is 10.9. The molecular formula is C25H25N3O5. The number of nitro benzene ring substituents is 1. The lowest BCUT2D eigenvalue weighted by atomic mass is 10.1. The normalized spacial score (nSPS) is 10.8. The van der Waals surface area contributed by atoms with Gasteiger partial charge >= 0.3 is 0 Å². The number of carbonyl (C=O) groups is 1. The van der Waals surface area contributed by atoms with Crippen LogP contribution < -0.4 is 14.9 Å². The highest BCUT2D eigenvalue weighted by Gasteiger charge is 2.10. The number of ether oxygens (including phenoxy) is 2. The van der Waals surface area contributed by atoms with Gasteiger partial charge in [0.15, 0.2) is 11.5 Å². The Kier molecular flexibility index (Phi) is 7.75. The summed E-state index contributed by atoms with van der Waals surface area (Å²) in [6.45, 7) is 6.87. The molecule has 8 heteroatoms. The molecule has 1 N–H and O–H groups in total. The van der Waals surface area contributed by atoms with Crippen molar-refractivity contribution >= 4 is 17.8 Å². The van der Waals surface area contributed by atoms with Crippen molar-refractivity contribution in [3.63, 3.8) is 0 Å². The first kappa shape index (κ1) is 23.5. The smallest absolute Gasteiger partial charge is 0.271 e. The predicted octanol–water partition coefficient (Wildman–Crippen LogP) is 4.95. The van der Waals surface area contributed by atoms with Gasteiger partial charge in [-0.15, -0.1) is 0 Å². The van der Waals surface area contributed by atoms with Gasteiger partial charge in [0, 0.05) is 17.7 Å². The number of nitrogens with zero attached hydrogens (tertiary/aromatic N) is 2. The molecule has 0 aliphatic heterocycles. The van der Waals surface area contributed by atoms with E-state index in [1.165, 1.54) is 36.0 Å². The van der Waals surface area contributed by atoms with E-state index >= 15 is 0 Å². The van der Waals surface area contributed by atoms with Gasteiger partial charge in [0.1, 0.15) is 6.61 Å². The minimum atomic E-state index is -0.523. The fourth-order valence-electron chi connectivity index (χ4n) is 3.07. The SMILES string of the molecule is CCOc1cc(/C=N/NC(=O)c2ccc([N+](=O)[O-])cc2)ccc1OCc1cc(C)ccc1C. The van der Waals surface area contributed by atoms with E-state index < -0.39 is 10.8 Å². The number of aryl methyl sites for hydroxylation is 2. The highest BCUT2D eigenvalue weighted by Crippen LogP contribution is 2.29.